The van der Waals surface area contributed by atoms with Crippen molar-refractivity contribution in [2.45, 2.75) is 0 Å². The summed E-state index contributed by atoms with van der Waals surface area (Å²) in [6.45, 7) is 3.18. The molecular weight excluding hydrogens is 224 g/mol. The number of methoxy groups -OCH3 is 1. The van der Waals surface area contributed by atoms with Crippen molar-refractivity contribution in [1.29, 1.82) is 0 Å². The number of nitrogens with one attached hydrogen (secondary N) is 1. The first-order valence-electron chi connectivity index (χ1n) is 5.53. The second-order valence-electron chi connectivity index (χ2n) is 3.82. The molecule has 17 heavy (non-hydrogen) atoms. The summed E-state index contributed by atoms with van der Waals surface area (Å²) in [5.74, 6) is -0.577. The molecule has 0 bridgehead atoms. The molecule has 7 nitrogen and oxygen atoms in total. The van der Waals surface area contributed by atoms with Gasteiger partial charge in [0.2, 0.25) is 0 Å². The Kier molecular flexibility index (Phi) is 4.05. The number of ether oxygens (including phenoxy) is 2. The van der Waals surface area contributed by atoms with E-state index in [1.807, 2.05) is 5.01 Å². The largest absolute Gasteiger partial charge is 0.379 e. The minimum absolute atomic E-state index is 0.158. The predicted molar refractivity (Wildman–Crippen MR) is 61.8 cm³/mol. The Hall–Kier alpha value is -1.47. The fourth-order valence-corrected chi connectivity index (χ4v) is 1.67. The third-order valence-electron chi connectivity index (χ3n) is 2.61. The number of carbonyl (C=O) groups excluding carboxylic acids is 1. The van der Waals surface area contributed by atoms with E-state index in [0.717, 1.165) is 13.1 Å². The average molecular weight is 240 g/mol. The second kappa shape index (κ2) is 5.74. The molecule has 2 rings (SSSR count). The number of rotatable bonds is 4. The number of amides is 1. The lowest BCUT2D eigenvalue weighted by atomic mass is 10.1. The van der Waals surface area contributed by atoms with E-state index in [-0.39, 0.29) is 5.91 Å². The summed E-state index contributed by atoms with van der Waals surface area (Å²) >= 11 is 0. The molecular formula is C10H16N4O3. The van der Waals surface area contributed by atoms with E-state index in [1.165, 1.54) is 0 Å². The Labute approximate surface area is 99.4 Å². The van der Waals surface area contributed by atoms with Gasteiger partial charge in [-0.3, -0.25) is 9.80 Å². The topological polar surface area (TPSA) is 75.5 Å². The molecule has 0 aromatic carbocycles. The zero-order chi connectivity index (χ0) is 12.1. The van der Waals surface area contributed by atoms with Crippen LogP contribution >= 0.6 is 0 Å². The molecule has 1 atom stereocenters. The highest BCUT2D eigenvalue weighted by Gasteiger charge is 2.28. The summed E-state index contributed by atoms with van der Waals surface area (Å²) in [7, 11) is 1.57. The lowest BCUT2D eigenvalue weighted by molar-refractivity contribution is -0.120. The van der Waals surface area contributed by atoms with Crippen LogP contribution in [0.4, 0.5) is 0 Å². The van der Waals surface area contributed by atoms with Crippen molar-refractivity contribution in [2.24, 2.45) is 16.1 Å². The lowest BCUT2D eigenvalue weighted by Crippen LogP contribution is -2.34. The minimum atomic E-state index is -0.419. The quantitative estimate of drug-likeness (QED) is 0.643. The molecule has 1 fully saturated rings. The third-order valence-corrected chi connectivity index (χ3v) is 2.61. The molecule has 94 valence electrons. The maximum Gasteiger partial charge on any atom is 0.254 e. The van der Waals surface area contributed by atoms with Gasteiger partial charge in [-0.2, -0.15) is 10.2 Å². The molecule has 2 heterocycles. The van der Waals surface area contributed by atoms with Gasteiger partial charge in [0.1, 0.15) is 5.92 Å². The van der Waals surface area contributed by atoms with Crippen molar-refractivity contribution in [1.82, 2.24) is 10.4 Å². The van der Waals surface area contributed by atoms with Gasteiger partial charge in [-0.05, 0) is 0 Å². The third kappa shape index (κ3) is 3.01. The standard InChI is InChI=1S/C10H16N4O3/c1-16-7-9-8(10(15)13-12-9)6-11-14-2-4-17-5-3-14/h6,8H,2-5,7H2,1H3,(H,13,15). The number of carbonyl (C=O) groups is 1. The fourth-order valence-electron chi connectivity index (χ4n) is 1.67. The maximum atomic E-state index is 11.5. The molecule has 1 N–H and O–H groups in total. The Bertz CT molecular complexity index is 336. The highest BCUT2D eigenvalue weighted by molar-refractivity contribution is 6.19. The lowest BCUT2D eigenvalue weighted by Gasteiger charge is -2.23. The van der Waals surface area contributed by atoms with E-state index in [2.05, 4.69) is 15.6 Å². The number of hydrazone groups is 2. The molecule has 0 saturated carbocycles. The van der Waals surface area contributed by atoms with Gasteiger partial charge in [-0.25, -0.2) is 5.43 Å². The summed E-state index contributed by atoms with van der Waals surface area (Å²) < 4.78 is 10.2. The Morgan fingerprint density at radius 2 is 2.41 bits per heavy atom. The number of morpholine rings is 1. The van der Waals surface area contributed by atoms with Crippen molar-refractivity contribution < 1.29 is 14.3 Å². The average Bonchev–Trinajstić information content (AvgIpc) is 2.70. The minimum Gasteiger partial charge on any atom is -0.379 e. The monoisotopic (exact) mass is 240 g/mol. The van der Waals surface area contributed by atoms with Crippen LogP contribution in [0.3, 0.4) is 0 Å². The zero-order valence-electron chi connectivity index (χ0n) is 9.76. The summed E-state index contributed by atoms with van der Waals surface area (Å²) in [6.07, 6.45) is 1.62. The van der Waals surface area contributed by atoms with Gasteiger partial charge in [0.05, 0.1) is 38.6 Å². The van der Waals surface area contributed by atoms with Crippen molar-refractivity contribution in [3.63, 3.8) is 0 Å². The molecule has 1 unspecified atom stereocenters. The molecule has 0 aromatic heterocycles. The number of nitrogens with zero attached hydrogens (tertiary/aromatic N) is 3. The van der Waals surface area contributed by atoms with Gasteiger partial charge in [-0.1, -0.05) is 0 Å². The van der Waals surface area contributed by atoms with E-state index in [4.69, 9.17) is 9.47 Å². The molecule has 2 aliphatic rings. The zero-order valence-corrected chi connectivity index (χ0v) is 9.76. The first kappa shape index (κ1) is 12.0. The molecule has 7 heteroatoms. The van der Waals surface area contributed by atoms with Gasteiger partial charge < -0.3 is 9.47 Å². The molecule has 1 amide bonds. The number of hydrogen-bond donors (Lipinski definition) is 1. The second-order valence-corrected chi connectivity index (χ2v) is 3.82. The normalized spacial score (nSPS) is 25.2. The van der Waals surface area contributed by atoms with Crippen molar-refractivity contribution in [2.75, 3.05) is 40.0 Å². The van der Waals surface area contributed by atoms with Crippen LogP contribution in [-0.2, 0) is 14.3 Å². The summed E-state index contributed by atoms with van der Waals surface area (Å²) in [5.41, 5.74) is 3.09. The summed E-state index contributed by atoms with van der Waals surface area (Å²) in [5, 5.41) is 10.1. The van der Waals surface area contributed by atoms with Gasteiger partial charge in [0.25, 0.3) is 5.91 Å². The Morgan fingerprint density at radius 1 is 1.65 bits per heavy atom. The van der Waals surface area contributed by atoms with Crippen LogP contribution in [0.2, 0.25) is 0 Å². The van der Waals surface area contributed by atoms with Crippen LogP contribution < -0.4 is 5.43 Å². The van der Waals surface area contributed by atoms with Crippen molar-refractivity contribution >= 4 is 17.8 Å². The Balaban J connectivity index is 1.93. The maximum absolute atomic E-state index is 11.5. The van der Waals surface area contributed by atoms with Gasteiger partial charge in [-0.15, -0.1) is 0 Å². The highest BCUT2D eigenvalue weighted by Crippen LogP contribution is 2.06. The smallest absolute Gasteiger partial charge is 0.254 e. The van der Waals surface area contributed by atoms with Gasteiger partial charge >= 0.3 is 0 Å². The van der Waals surface area contributed by atoms with Crippen LogP contribution in [0.5, 0.6) is 0 Å². The van der Waals surface area contributed by atoms with Crippen molar-refractivity contribution in [3.8, 4) is 0 Å². The highest BCUT2D eigenvalue weighted by atomic mass is 16.5. The van der Waals surface area contributed by atoms with E-state index in [9.17, 15) is 4.79 Å². The van der Waals surface area contributed by atoms with Crippen LogP contribution in [0, 0.1) is 5.92 Å². The molecule has 0 aromatic rings. The van der Waals surface area contributed by atoms with Crippen LogP contribution in [0.1, 0.15) is 0 Å². The summed E-state index contributed by atoms with van der Waals surface area (Å²) in [6, 6.07) is 0. The first-order chi connectivity index (χ1) is 8.31. The number of hydrogen-bond acceptors (Lipinski definition) is 6. The fraction of sp³-hybridized carbons (Fsp3) is 0.700. The van der Waals surface area contributed by atoms with Gasteiger partial charge in [0, 0.05) is 13.3 Å². The summed E-state index contributed by atoms with van der Waals surface area (Å²) in [4.78, 5) is 11.5. The first-order valence-corrected chi connectivity index (χ1v) is 5.53. The van der Waals surface area contributed by atoms with E-state index >= 15 is 0 Å². The van der Waals surface area contributed by atoms with Gasteiger partial charge in [0.15, 0.2) is 0 Å². The molecule has 2 aliphatic heterocycles. The SMILES string of the molecule is COCC1=NNC(=O)C1C=NN1CCOCC1. The van der Waals surface area contributed by atoms with Crippen LogP contribution in [0.25, 0.3) is 0 Å². The van der Waals surface area contributed by atoms with E-state index < -0.39 is 5.92 Å². The Morgan fingerprint density at radius 3 is 3.12 bits per heavy atom. The molecule has 0 aliphatic carbocycles. The molecule has 0 spiro atoms. The predicted octanol–water partition coefficient (Wildman–Crippen LogP) is -0.947. The molecule has 0 radical (unpaired) electrons. The van der Waals surface area contributed by atoms with Crippen molar-refractivity contribution in [3.05, 3.63) is 0 Å². The van der Waals surface area contributed by atoms with Crippen LogP contribution in [-0.4, -0.2) is 62.9 Å². The van der Waals surface area contributed by atoms with E-state index in [0.29, 0.717) is 25.5 Å². The molecule has 1 saturated heterocycles. The van der Waals surface area contributed by atoms with Crippen LogP contribution in [0.15, 0.2) is 10.2 Å². The van der Waals surface area contributed by atoms with E-state index in [1.54, 1.807) is 13.3 Å².